The maximum Gasteiger partial charge on any atom is 0.342 e. The van der Waals surface area contributed by atoms with E-state index in [1.165, 1.54) is 6.07 Å². The molecule has 0 saturated heterocycles. The molecule has 0 atom stereocenters. The second kappa shape index (κ2) is 7.71. The van der Waals surface area contributed by atoms with E-state index in [-0.39, 0.29) is 51.4 Å². The topological polar surface area (TPSA) is 118 Å². The predicted octanol–water partition coefficient (Wildman–Crippen LogP) is 4.02. The second-order valence-electron chi connectivity index (χ2n) is 5.27. The van der Waals surface area contributed by atoms with Crippen molar-refractivity contribution in [3.8, 4) is 0 Å². The van der Waals surface area contributed by atoms with E-state index in [2.05, 4.69) is 9.97 Å². The molecule has 3 rings (SSSR count). The van der Waals surface area contributed by atoms with Crippen molar-refractivity contribution in [1.82, 2.24) is 9.97 Å². The Kier molecular flexibility index (Phi) is 5.54. The number of fused-ring (bicyclic) bond motifs is 1. The molecule has 0 aromatic carbocycles. The first-order valence-corrected chi connectivity index (χ1v) is 9.23. The van der Waals surface area contributed by atoms with Gasteiger partial charge in [0, 0.05) is 0 Å². The molecular formula is C16H13Cl2N3O5S. The Labute approximate surface area is 167 Å². The SMILES string of the molecule is CCOC(=O)c1c(C)oc2nc(COC(=O)c3cc(Cl)sc3Cl)nc(N)c12. The highest BCUT2D eigenvalue weighted by molar-refractivity contribution is 7.20. The van der Waals surface area contributed by atoms with Crippen LogP contribution in [0.2, 0.25) is 8.67 Å². The molecule has 3 aromatic heterocycles. The van der Waals surface area contributed by atoms with Gasteiger partial charge in [-0.15, -0.1) is 11.3 Å². The molecule has 0 aliphatic heterocycles. The van der Waals surface area contributed by atoms with Crippen LogP contribution in [-0.2, 0) is 16.1 Å². The number of carbonyl (C=O) groups is 2. The van der Waals surface area contributed by atoms with Gasteiger partial charge in [0.15, 0.2) is 12.4 Å². The highest BCUT2D eigenvalue weighted by Crippen LogP contribution is 2.32. The van der Waals surface area contributed by atoms with Crippen LogP contribution in [-0.4, -0.2) is 28.5 Å². The van der Waals surface area contributed by atoms with Gasteiger partial charge >= 0.3 is 11.9 Å². The fraction of sp³-hybridized carbons (Fsp3) is 0.250. The molecule has 3 aromatic rings. The molecule has 142 valence electrons. The Morgan fingerprint density at radius 1 is 1.26 bits per heavy atom. The molecule has 0 unspecified atom stereocenters. The van der Waals surface area contributed by atoms with E-state index in [1.54, 1.807) is 13.8 Å². The number of ether oxygens (including phenoxy) is 2. The average molecular weight is 430 g/mol. The van der Waals surface area contributed by atoms with Crippen molar-refractivity contribution in [2.75, 3.05) is 12.3 Å². The third-order valence-electron chi connectivity index (χ3n) is 3.49. The molecule has 0 bridgehead atoms. The highest BCUT2D eigenvalue weighted by Gasteiger charge is 2.24. The van der Waals surface area contributed by atoms with Gasteiger partial charge in [-0.1, -0.05) is 23.2 Å². The maximum atomic E-state index is 12.1. The van der Waals surface area contributed by atoms with Gasteiger partial charge in [-0.25, -0.2) is 14.6 Å². The quantitative estimate of drug-likeness (QED) is 0.604. The summed E-state index contributed by atoms with van der Waals surface area (Å²) in [5.41, 5.74) is 6.38. The number of thiophene rings is 1. The van der Waals surface area contributed by atoms with E-state index >= 15 is 0 Å². The number of anilines is 1. The molecule has 3 heterocycles. The number of nitrogens with zero attached hydrogens (tertiary/aromatic N) is 2. The monoisotopic (exact) mass is 429 g/mol. The number of nitrogen functional groups attached to an aromatic ring is 1. The zero-order valence-electron chi connectivity index (χ0n) is 14.2. The lowest BCUT2D eigenvalue weighted by molar-refractivity contribution is 0.0462. The molecule has 0 fully saturated rings. The summed E-state index contributed by atoms with van der Waals surface area (Å²) in [6.45, 7) is 3.22. The summed E-state index contributed by atoms with van der Waals surface area (Å²) in [5, 5.41) is 0.258. The van der Waals surface area contributed by atoms with Gasteiger partial charge in [-0.2, -0.15) is 4.98 Å². The number of hydrogen-bond acceptors (Lipinski definition) is 9. The minimum absolute atomic E-state index is 0.0163. The first-order chi connectivity index (χ1) is 12.8. The third kappa shape index (κ3) is 3.85. The fourth-order valence-electron chi connectivity index (χ4n) is 2.38. The van der Waals surface area contributed by atoms with Crippen molar-refractivity contribution >= 4 is 63.4 Å². The maximum absolute atomic E-state index is 12.1. The van der Waals surface area contributed by atoms with Gasteiger partial charge in [-0.3, -0.25) is 0 Å². The first kappa shape index (κ1) is 19.4. The van der Waals surface area contributed by atoms with Crippen LogP contribution in [0.15, 0.2) is 10.5 Å². The van der Waals surface area contributed by atoms with Crippen molar-refractivity contribution in [3.05, 3.63) is 37.5 Å². The largest absolute Gasteiger partial charge is 0.462 e. The molecule has 0 spiro atoms. The Balaban J connectivity index is 1.85. The van der Waals surface area contributed by atoms with Crippen LogP contribution in [0.4, 0.5) is 5.82 Å². The lowest BCUT2D eigenvalue weighted by Crippen LogP contribution is -2.10. The van der Waals surface area contributed by atoms with Crippen LogP contribution >= 0.6 is 34.5 Å². The van der Waals surface area contributed by atoms with Crippen molar-refractivity contribution in [1.29, 1.82) is 0 Å². The molecule has 0 saturated carbocycles. The van der Waals surface area contributed by atoms with E-state index in [1.807, 2.05) is 0 Å². The number of aromatic nitrogens is 2. The fourth-order valence-corrected chi connectivity index (χ4v) is 3.82. The molecule has 0 radical (unpaired) electrons. The average Bonchev–Trinajstić information content (AvgIpc) is 3.11. The zero-order chi connectivity index (χ0) is 19.7. The van der Waals surface area contributed by atoms with Gasteiger partial charge in [0.05, 0.1) is 21.9 Å². The van der Waals surface area contributed by atoms with Crippen LogP contribution in [0.3, 0.4) is 0 Å². The van der Waals surface area contributed by atoms with Crippen LogP contribution in [0.5, 0.6) is 0 Å². The lowest BCUT2D eigenvalue weighted by Gasteiger charge is -2.05. The van der Waals surface area contributed by atoms with Gasteiger partial charge in [0.1, 0.15) is 21.5 Å². The van der Waals surface area contributed by atoms with Crippen LogP contribution in [0.25, 0.3) is 11.1 Å². The van der Waals surface area contributed by atoms with Crippen LogP contribution in [0, 0.1) is 6.92 Å². The van der Waals surface area contributed by atoms with E-state index in [4.69, 9.17) is 42.8 Å². The van der Waals surface area contributed by atoms with Crippen molar-refractivity contribution in [3.63, 3.8) is 0 Å². The summed E-state index contributed by atoms with van der Waals surface area (Å²) >= 11 is 12.8. The van der Waals surface area contributed by atoms with Gasteiger partial charge in [-0.05, 0) is 19.9 Å². The molecule has 0 aliphatic carbocycles. The summed E-state index contributed by atoms with van der Waals surface area (Å²) in [7, 11) is 0. The summed E-state index contributed by atoms with van der Waals surface area (Å²) in [6, 6.07) is 1.41. The Morgan fingerprint density at radius 3 is 2.63 bits per heavy atom. The molecule has 27 heavy (non-hydrogen) atoms. The zero-order valence-corrected chi connectivity index (χ0v) is 16.5. The first-order valence-electron chi connectivity index (χ1n) is 7.66. The minimum atomic E-state index is -0.673. The number of nitrogens with two attached hydrogens (primary N) is 1. The molecule has 0 aliphatic rings. The Hall–Kier alpha value is -2.36. The number of halogens is 2. The number of aryl methyl sites for hydroxylation is 1. The molecule has 2 N–H and O–H groups in total. The molecule has 0 amide bonds. The lowest BCUT2D eigenvalue weighted by atomic mass is 10.2. The second-order valence-corrected chi connectivity index (χ2v) is 7.56. The summed E-state index contributed by atoms with van der Waals surface area (Å²) < 4.78 is 16.2. The normalized spacial score (nSPS) is 11.0. The Morgan fingerprint density at radius 2 is 2.00 bits per heavy atom. The number of esters is 2. The van der Waals surface area contributed by atoms with Crippen LogP contribution in [0.1, 0.15) is 39.2 Å². The van der Waals surface area contributed by atoms with Crippen molar-refractivity contribution < 1.29 is 23.5 Å². The van der Waals surface area contributed by atoms with Crippen molar-refractivity contribution in [2.45, 2.75) is 20.5 Å². The third-order valence-corrected chi connectivity index (χ3v) is 4.98. The van der Waals surface area contributed by atoms with E-state index in [0.29, 0.717) is 10.1 Å². The number of furan rings is 1. The van der Waals surface area contributed by atoms with E-state index < -0.39 is 11.9 Å². The van der Waals surface area contributed by atoms with Gasteiger partial charge < -0.3 is 19.6 Å². The summed E-state index contributed by atoms with van der Waals surface area (Å²) in [4.78, 5) is 32.4. The van der Waals surface area contributed by atoms with Gasteiger partial charge in [0.2, 0.25) is 5.71 Å². The smallest absolute Gasteiger partial charge is 0.342 e. The number of rotatable bonds is 5. The summed E-state index contributed by atoms with van der Waals surface area (Å²) in [5.74, 6) is -0.823. The number of carbonyl (C=O) groups excluding carboxylic acids is 2. The van der Waals surface area contributed by atoms with E-state index in [9.17, 15) is 9.59 Å². The number of hydrogen-bond donors (Lipinski definition) is 1. The Bertz CT molecular complexity index is 1050. The van der Waals surface area contributed by atoms with E-state index in [0.717, 1.165) is 11.3 Å². The van der Waals surface area contributed by atoms with Gasteiger partial charge in [0.25, 0.3) is 0 Å². The van der Waals surface area contributed by atoms with Crippen molar-refractivity contribution in [2.24, 2.45) is 0 Å². The van der Waals surface area contributed by atoms with Crippen LogP contribution < -0.4 is 5.73 Å². The molecular weight excluding hydrogens is 417 g/mol. The highest BCUT2D eigenvalue weighted by atomic mass is 35.5. The summed E-state index contributed by atoms with van der Waals surface area (Å²) in [6.07, 6.45) is 0. The minimum Gasteiger partial charge on any atom is -0.462 e. The standard InChI is InChI=1S/C16H13Cl2N3O5S/c1-3-24-16(23)10-6(2)26-14-11(10)13(19)20-9(21-14)5-25-15(22)7-4-8(17)27-12(7)18/h4H,3,5H2,1-2H3,(H2,19,20,21). The molecule has 8 nitrogen and oxygen atoms in total. The molecule has 11 heteroatoms. The predicted molar refractivity (Wildman–Crippen MR) is 100 cm³/mol.